The summed E-state index contributed by atoms with van der Waals surface area (Å²) >= 11 is 0. The smallest absolute Gasteiger partial charge is 0.231 e. The lowest BCUT2D eigenvalue weighted by Crippen LogP contribution is -2.01. The zero-order valence-corrected chi connectivity index (χ0v) is 13.8. The molecule has 2 aromatic heterocycles. The standard InChI is InChI=1S/C20H15N3O3/c1-3-17-16(20(23-11-22-17)21-9-13-5-6-24-10-13)7-14(1)15-2-4-18-19(8-15)26-12-25-18/h1-8,10-11H,9,12H2,(H,21,22,23). The molecule has 1 aliphatic rings. The molecule has 1 aliphatic heterocycles. The Morgan fingerprint density at radius 3 is 2.73 bits per heavy atom. The lowest BCUT2D eigenvalue weighted by molar-refractivity contribution is 0.174. The number of hydrogen-bond acceptors (Lipinski definition) is 6. The van der Waals surface area contributed by atoms with Crippen LogP contribution in [0.5, 0.6) is 11.5 Å². The number of nitrogens with one attached hydrogen (secondary N) is 1. The predicted octanol–water partition coefficient (Wildman–Crippen LogP) is 4.23. The number of fused-ring (bicyclic) bond motifs is 2. The van der Waals surface area contributed by atoms with Gasteiger partial charge in [-0.15, -0.1) is 0 Å². The van der Waals surface area contributed by atoms with E-state index in [2.05, 4.69) is 21.4 Å². The summed E-state index contributed by atoms with van der Waals surface area (Å²) in [5.41, 5.74) is 4.07. The molecule has 2 aromatic carbocycles. The van der Waals surface area contributed by atoms with E-state index >= 15 is 0 Å². The number of anilines is 1. The van der Waals surface area contributed by atoms with Gasteiger partial charge in [-0.1, -0.05) is 12.1 Å². The zero-order chi connectivity index (χ0) is 17.3. The number of rotatable bonds is 4. The van der Waals surface area contributed by atoms with Crippen LogP contribution in [0.1, 0.15) is 5.56 Å². The van der Waals surface area contributed by atoms with Gasteiger partial charge in [-0.2, -0.15) is 0 Å². The van der Waals surface area contributed by atoms with Crippen LogP contribution in [-0.2, 0) is 6.54 Å². The third-order valence-corrected chi connectivity index (χ3v) is 4.38. The Labute approximate surface area is 149 Å². The van der Waals surface area contributed by atoms with Crippen molar-refractivity contribution >= 4 is 16.7 Å². The van der Waals surface area contributed by atoms with E-state index in [0.29, 0.717) is 6.54 Å². The molecular weight excluding hydrogens is 330 g/mol. The molecule has 0 amide bonds. The van der Waals surface area contributed by atoms with Crippen molar-refractivity contribution in [3.63, 3.8) is 0 Å². The van der Waals surface area contributed by atoms with Gasteiger partial charge < -0.3 is 19.2 Å². The molecule has 5 rings (SSSR count). The van der Waals surface area contributed by atoms with Gasteiger partial charge in [-0.25, -0.2) is 9.97 Å². The minimum Gasteiger partial charge on any atom is -0.472 e. The number of aromatic nitrogens is 2. The van der Waals surface area contributed by atoms with Crippen molar-refractivity contribution in [1.82, 2.24) is 9.97 Å². The van der Waals surface area contributed by atoms with Gasteiger partial charge >= 0.3 is 0 Å². The minimum atomic E-state index is 0.270. The van der Waals surface area contributed by atoms with Gasteiger partial charge in [0.05, 0.1) is 18.0 Å². The number of benzene rings is 2. The average Bonchev–Trinajstić information content (AvgIpc) is 3.37. The lowest BCUT2D eigenvalue weighted by Gasteiger charge is -2.09. The molecule has 0 saturated carbocycles. The third kappa shape index (κ3) is 2.61. The van der Waals surface area contributed by atoms with Crippen LogP contribution in [0, 0.1) is 0 Å². The summed E-state index contributed by atoms with van der Waals surface area (Å²) in [6.07, 6.45) is 4.95. The number of hydrogen-bond donors (Lipinski definition) is 1. The van der Waals surface area contributed by atoms with E-state index in [1.165, 1.54) is 0 Å². The Balaban J connectivity index is 1.52. The van der Waals surface area contributed by atoms with Crippen molar-refractivity contribution in [2.45, 2.75) is 6.54 Å². The van der Waals surface area contributed by atoms with Crippen molar-refractivity contribution in [2.24, 2.45) is 0 Å². The molecule has 6 heteroatoms. The summed E-state index contributed by atoms with van der Waals surface area (Å²) in [7, 11) is 0. The molecule has 0 radical (unpaired) electrons. The summed E-state index contributed by atoms with van der Waals surface area (Å²) in [6, 6.07) is 14.0. The second-order valence-electron chi connectivity index (χ2n) is 6.01. The Bertz CT molecular complexity index is 1080. The van der Waals surface area contributed by atoms with E-state index in [1.54, 1.807) is 18.9 Å². The van der Waals surface area contributed by atoms with E-state index in [-0.39, 0.29) is 6.79 Å². The van der Waals surface area contributed by atoms with Gasteiger partial charge in [-0.3, -0.25) is 0 Å². The number of ether oxygens (including phenoxy) is 2. The monoisotopic (exact) mass is 345 g/mol. The molecule has 0 aliphatic carbocycles. The molecule has 0 spiro atoms. The maximum absolute atomic E-state index is 5.48. The van der Waals surface area contributed by atoms with Crippen LogP contribution in [0.4, 0.5) is 5.82 Å². The molecule has 0 saturated heterocycles. The van der Waals surface area contributed by atoms with Gasteiger partial charge in [0.1, 0.15) is 12.1 Å². The summed E-state index contributed by atoms with van der Waals surface area (Å²) < 4.78 is 16.0. The molecule has 0 unspecified atom stereocenters. The van der Waals surface area contributed by atoms with E-state index < -0.39 is 0 Å². The Morgan fingerprint density at radius 2 is 1.81 bits per heavy atom. The van der Waals surface area contributed by atoms with Gasteiger partial charge in [-0.05, 0) is 41.5 Å². The first-order valence-corrected chi connectivity index (χ1v) is 8.26. The summed E-state index contributed by atoms with van der Waals surface area (Å²) in [5, 5.41) is 4.32. The number of furan rings is 1. The van der Waals surface area contributed by atoms with Crippen LogP contribution in [0.2, 0.25) is 0 Å². The molecule has 128 valence electrons. The molecular formula is C20H15N3O3. The van der Waals surface area contributed by atoms with Crippen LogP contribution < -0.4 is 14.8 Å². The molecule has 0 fully saturated rings. The van der Waals surface area contributed by atoms with Crippen molar-refractivity contribution in [2.75, 3.05) is 12.1 Å². The third-order valence-electron chi connectivity index (χ3n) is 4.38. The van der Waals surface area contributed by atoms with Crippen LogP contribution >= 0.6 is 0 Å². The normalized spacial score (nSPS) is 12.5. The molecule has 26 heavy (non-hydrogen) atoms. The van der Waals surface area contributed by atoms with E-state index in [4.69, 9.17) is 13.9 Å². The second kappa shape index (κ2) is 6.07. The SMILES string of the molecule is c1nc(NCc2ccoc2)c2cc(-c3ccc4c(c3)OCO4)ccc2n1. The lowest BCUT2D eigenvalue weighted by atomic mass is 10.0. The molecule has 4 aromatic rings. The van der Waals surface area contributed by atoms with Crippen LogP contribution in [0.15, 0.2) is 65.7 Å². The van der Waals surface area contributed by atoms with Crippen LogP contribution in [0.3, 0.4) is 0 Å². The van der Waals surface area contributed by atoms with E-state index in [0.717, 1.165) is 44.9 Å². The number of nitrogens with zero attached hydrogens (tertiary/aromatic N) is 2. The zero-order valence-electron chi connectivity index (χ0n) is 13.8. The summed E-state index contributed by atoms with van der Waals surface area (Å²) in [6.45, 7) is 0.906. The highest BCUT2D eigenvalue weighted by Gasteiger charge is 2.14. The molecule has 1 N–H and O–H groups in total. The quantitative estimate of drug-likeness (QED) is 0.597. The van der Waals surface area contributed by atoms with Crippen molar-refractivity contribution in [3.8, 4) is 22.6 Å². The maximum Gasteiger partial charge on any atom is 0.231 e. The maximum atomic E-state index is 5.48. The van der Waals surface area contributed by atoms with Crippen LogP contribution in [0.25, 0.3) is 22.0 Å². The fourth-order valence-corrected chi connectivity index (χ4v) is 3.03. The summed E-state index contributed by atoms with van der Waals surface area (Å²) in [5.74, 6) is 2.34. The van der Waals surface area contributed by atoms with E-state index in [9.17, 15) is 0 Å². The van der Waals surface area contributed by atoms with Crippen LogP contribution in [-0.4, -0.2) is 16.8 Å². The van der Waals surface area contributed by atoms with Gasteiger partial charge in [0, 0.05) is 17.5 Å². The van der Waals surface area contributed by atoms with Gasteiger partial charge in [0.25, 0.3) is 0 Å². The Morgan fingerprint density at radius 1 is 0.923 bits per heavy atom. The fraction of sp³-hybridized carbons (Fsp3) is 0.100. The van der Waals surface area contributed by atoms with Gasteiger partial charge in [0.2, 0.25) is 6.79 Å². The largest absolute Gasteiger partial charge is 0.472 e. The highest BCUT2D eigenvalue weighted by Crippen LogP contribution is 2.36. The minimum absolute atomic E-state index is 0.270. The first-order valence-electron chi connectivity index (χ1n) is 8.26. The Hall–Kier alpha value is -3.54. The van der Waals surface area contributed by atoms with Gasteiger partial charge in [0.15, 0.2) is 11.5 Å². The Kier molecular flexibility index (Phi) is 3.45. The highest BCUT2D eigenvalue weighted by atomic mass is 16.7. The molecule has 0 atom stereocenters. The van der Waals surface area contributed by atoms with Crippen molar-refractivity contribution < 1.29 is 13.9 Å². The van der Waals surface area contributed by atoms with Crippen molar-refractivity contribution in [1.29, 1.82) is 0 Å². The first kappa shape index (κ1) is 14.8. The second-order valence-corrected chi connectivity index (χ2v) is 6.01. The van der Waals surface area contributed by atoms with E-state index in [1.807, 2.05) is 36.4 Å². The predicted molar refractivity (Wildman–Crippen MR) is 97.1 cm³/mol. The average molecular weight is 345 g/mol. The topological polar surface area (TPSA) is 69.4 Å². The summed E-state index contributed by atoms with van der Waals surface area (Å²) in [4.78, 5) is 8.77. The fourth-order valence-electron chi connectivity index (χ4n) is 3.03. The molecule has 3 heterocycles. The highest BCUT2D eigenvalue weighted by molar-refractivity contribution is 5.92. The first-order chi connectivity index (χ1) is 12.9. The molecule has 0 bridgehead atoms. The molecule has 6 nitrogen and oxygen atoms in total. The van der Waals surface area contributed by atoms with Crippen molar-refractivity contribution in [3.05, 3.63) is 66.9 Å².